The molecular formula is C19H18FN3O3. The van der Waals surface area contributed by atoms with Crippen molar-refractivity contribution in [1.29, 1.82) is 5.26 Å². The van der Waals surface area contributed by atoms with Gasteiger partial charge in [0, 0.05) is 0 Å². The molecule has 7 heteroatoms. The van der Waals surface area contributed by atoms with E-state index in [1.807, 2.05) is 25.1 Å². The molecule has 0 saturated carbocycles. The first-order valence-electron chi connectivity index (χ1n) is 8.14. The summed E-state index contributed by atoms with van der Waals surface area (Å²) in [7, 11) is 1.56. The molecule has 2 aromatic carbocycles. The number of nitriles is 1. The standard InChI is InChI=1S/C19H18FN3O3/c1-3-26-18-10-13(4-7-17(18)25-2)12-23-15-6-5-14(20)11-16(15)22(9-8-21)19(23)24/h4-7,10-11H,3,9,12H2,1-2H3. The van der Waals surface area contributed by atoms with Crippen molar-refractivity contribution in [2.45, 2.75) is 20.0 Å². The van der Waals surface area contributed by atoms with E-state index >= 15 is 0 Å². The highest BCUT2D eigenvalue weighted by Crippen LogP contribution is 2.28. The van der Waals surface area contributed by atoms with Gasteiger partial charge in [0.1, 0.15) is 12.4 Å². The second-order valence-electron chi connectivity index (χ2n) is 5.66. The van der Waals surface area contributed by atoms with E-state index in [9.17, 15) is 9.18 Å². The molecule has 0 aliphatic heterocycles. The number of fused-ring (bicyclic) bond motifs is 1. The molecule has 26 heavy (non-hydrogen) atoms. The van der Waals surface area contributed by atoms with Gasteiger partial charge >= 0.3 is 5.69 Å². The SMILES string of the molecule is CCOc1cc(Cn2c(=O)n(CC#N)c3cc(F)ccc32)ccc1OC. The molecule has 3 aromatic rings. The lowest BCUT2D eigenvalue weighted by Crippen LogP contribution is -2.24. The zero-order valence-corrected chi connectivity index (χ0v) is 14.5. The lowest BCUT2D eigenvalue weighted by molar-refractivity contribution is 0.310. The van der Waals surface area contributed by atoms with Crippen molar-refractivity contribution in [2.24, 2.45) is 0 Å². The first-order valence-corrected chi connectivity index (χ1v) is 8.14. The van der Waals surface area contributed by atoms with Gasteiger partial charge in [-0.05, 0) is 42.8 Å². The van der Waals surface area contributed by atoms with Gasteiger partial charge in [-0.25, -0.2) is 9.18 Å². The summed E-state index contributed by atoms with van der Waals surface area (Å²) < 4.78 is 27.2. The van der Waals surface area contributed by atoms with Crippen LogP contribution in [-0.4, -0.2) is 22.9 Å². The highest BCUT2D eigenvalue weighted by atomic mass is 19.1. The Morgan fingerprint density at radius 1 is 1.12 bits per heavy atom. The molecule has 0 atom stereocenters. The summed E-state index contributed by atoms with van der Waals surface area (Å²) in [6.07, 6.45) is 0. The fourth-order valence-electron chi connectivity index (χ4n) is 2.94. The van der Waals surface area contributed by atoms with Crippen LogP contribution in [0.4, 0.5) is 4.39 Å². The van der Waals surface area contributed by atoms with Gasteiger partial charge in [-0.3, -0.25) is 9.13 Å². The molecule has 0 saturated heterocycles. The maximum atomic E-state index is 13.6. The van der Waals surface area contributed by atoms with Crippen molar-refractivity contribution in [1.82, 2.24) is 9.13 Å². The van der Waals surface area contributed by atoms with Crippen LogP contribution in [0.3, 0.4) is 0 Å². The van der Waals surface area contributed by atoms with E-state index in [2.05, 4.69) is 0 Å². The van der Waals surface area contributed by atoms with Gasteiger partial charge in [0.15, 0.2) is 11.5 Å². The average molecular weight is 355 g/mol. The molecule has 0 fully saturated rings. The van der Waals surface area contributed by atoms with Crippen LogP contribution < -0.4 is 15.2 Å². The Balaban J connectivity index is 2.10. The first-order chi connectivity index (χ1) is 12.6. The van der Waals surface area contributed by atoms with Gasteiger partial charge < -0.3 is 9.47 Å². The molecule has 6 nitrogen and oxygen atoms in total. The third-order valence-electron chi connectivity index (χ3n) is 4.08. The molecule has 0 N–H and O–H groups in total. The van der Waals surface area contributed by atoms with Crippen molar-refractivity contribution < 1.29 is 13.9 Å². The minimum atomic E-state index is -0.454. The summed E-state index contributed by atoms with van der Waals surface area (Å²) in [5, 5.41) is 8.98. The summed E-state index contributed by atoms with van der Waals surface area (Å²) >= 11 is 0. The zero-order valence-electron chi connectivity index (χ0n) is 14.5. The van der Waals surface area contributed by atoms with Crippen LogP contribution in [0.15, 0.2) is 41.2 Å². The maximum Gasteiger partial charge on any atom is 0.330 e. The van der Waals surface area contributed by atoms with Gasteiger partial charge in [0.05, 0.1) is 37.4 Å². The van der Waals surface area contributed by atoms with Crippen molar-refractivity contribution in [3.63, 3.8) is 0 Å². The molecular weight excluding hydrogens is 337 g/mol. The molecule has 0 amide bonds. The van der Waals surface area contributed by atoms with Crippen molar-refractivity contribution in [3.05, 3.63) is 58.3 Å². The second kappa shape index (κ2) is 7.31. The van der Waals surface area contributed by atoms with Crippen LogP contribution in [0.1, 0.15) is 12.5 Å². The molecule has 0 unspecified atom stereocenters. The number of aromatic nitrogens is 2. The number of benzene rings is 2. The Kier molecular flexibility index (Phi) is 4.94. The van der Waals surface area contributed by atoms with Crippen molar-refractivity contribution >= 4 is 11.0 Å². The third kappa shape index (κ3) is 3.14. The Bertz CT molecular complexity index is 1050. The van der Waals surface area contributed by atoms with E-state index < -0.39 is 5.82 Å². The predicted octanol–water partition coefficient (Wildman–Crippen LogP) is 2.92. The number of imidazole rings is 1. The van der Waals surface area contributed by atoms with E-state index in [1.165, 1.54) is 21.3 Å². The first kappa shape index (κ1) is 17.5. The number of nitrogens with zero attached hydrogens (tertiary/aromatic N) is 3. The van der Waals surface area contributed by atoms with E-state index in [-0.39, 0.29) is 18.8 Å². The topological polar surface area (TPSA) is 69.2 Å². The van der Waals surface area contributed by atoms with Crippen molar-refractivity contribution in [3.8, 4) is 17.6 Å². The fourth-order valence-corrected chi connectivity index (χ4v) is 2.94. The van der Waals surface area contributed by atoms with Gasteiger partial charge in [-0.1, -0.05) is 6.07 Å². The Morgan fingerprint density at radius 2 is 1.92 bits per heavy atom. The largest absolute Gasteiger partial charge is 0.493 e. The quantitative estimate of drug-likeness (QED) is 0.682. The summed E-state index contributed by atoms with van der Waals surface area (Å²) in [5.74, 6) is 0.744. The number of methoxy groups -OCH3 is 1. The number of hydrogen-bond acceptors (Lipinski definition) is 4. The van der Waals surface area contributed by atoms with Crippen molar-refractivity contribution in [2.75, 3.05) is 13.7 Å². The molecule has 0 aliphatic carbocycles. The second-order valence-corrected chi connectivity index (χ2v) is 5.66. The zero-order chi connectivity index (χ0) is 18.7. The lowest BCUT2D eigenvalue weighted by Gasteiger charge is -2.11. The van der Waals surface area contributed by atoms with Gasteiger partial charge in [-0.15, -0.1) is 0 Å². The highest BCUT2D eigenvalue weighted by Gasteiger charge is 2.15. The van der Waals surface area contributed by atoms with E-state index in [0.717, 1.165) is 5.56 Å². The fraction of sp³-hybridized carbons (Fsp3) is 0.263. The number of rotatable bonds is 6. The summed E-state index contributed by atoms with van der Waals surface area (Å²) in [6, 6.07) is 11.5. The van der Waals surface area contributed by atoms with E-state index in [1.54, 1.807) is 19.2 Å². The Hall–Kier alpha value is -3.27. The normalized spacial score (nSPS) is 10.7. The molecule has 1 heterocycles. The maximum absolute atomic E-state index is 13.6. The average Bonchev–Trinajstić information content (AvgIpc) is 2.88. The van der Waals surface area contributed by atoms with E-state index in [0.29, 0.717) is 29.1 Å². The van der Waals surface area contributed by atoms with Gasteiger partial charge in [0.2, 0.25) is 0 Å². The minimum absolute atomic E-state index is 0.140. The molecule has 0 spiro atoms. The van der Waals surface area contributed by atoms with Crippen LogP contribution in [0.5, 0.6) is 11.5 Å². The molecule has 0 bridgehead atoms. The Labute approximate surface area is 149 Å². The van der Waals surface area contributed by atoms with Gasteiger partial charge in [0.25, 0.3) is 0 Å². The highest BCUT2D eigenvalue weighted by molar-refractivity contribution is 5.76. The smallest absolute Gasteiger partial charge is 0.330 e. The predicted molar refractivity (Wildman–Crippen MR) is 95.0 cm³/mol. The number of halogens is 1. The molecule has 3 rings (SSSR count). The van der Waals surface area contributed by atoms with Crippen LogP contribution in [0.2, 0.25) is 0 Å². The van der Waals surface area contributed by atoms with Crippen LogP contribution in [0.25, 0.3) is 11.0 Å². The molecule has 134 valence electrons. The number of hydrogen-bond donors (Lipinski definition) is 0. The molecule has 0 aliphatic rings. The lowest BCUT2D eigenvalue weighted by atomic mass is 10.2. The minimum Gasteiger partial charge on any atom is -0.493 e. The van der Waals surface area contributed by atoms with Crippen LogP contribution in [0, 0.1) is 17.1 Å². The summed E-state index contributed by atoms with van der Waals surface area (Å²) in [5.41, 5.74) is 1.44. The van der Waals surface area contributed by atoms with E-state index in [4.69, 9.17) is 14.7 Å². The van der Waals surface area contributed by atoms with Crippen LogP contribution >= 0.6 is 0 Å². The monoisotopic (exact) mass is 355 g/mol. The summed E-state index contributed by atoms with van der Waals surface area (Å²) in [6.45, 7) is 2.49. The Morgan fingerprint density at radius 3 is 2.62 bits per heavy atom. The van der Waals surface area contributed by atoms with Gasteiger partial charge in [-0.2, -0.15) is 5.26 Å². The number of ether oxygens (including phenoxy) is 2. The summed E-state index contributed by atoms with van der Waals surface area (Å²) in [4.78, 5) is 12.7. The molecule has 1 aromatic heterocycles. The molecule has 0 radical (unpaired) electrons. The van der Waals surface area contributed by atoms with Crippen LogP contribution in [-0.2, 0) is 13.1 Å². The third-order valence-corrected chi connectivity index (χ3v) is 4.08.